The first kappa shape index (κ1) is 19.4. The summed E-state index contributed by atoms with van der Waals surface area (Å²) in [6.45, 7) is 6.07. The third kappa shape index (κ3) is 5.82. The van der Waals surface area contributed by atoms with E-state index in [2.05, 4.69) is 86.3 Å². The SMILES string of the molecule is C1=Cc2ccc3c(c2[N-]C1)[N-]CC=C3.CC[CH2][Sn]([Br])([Br])[CH2]CC. The zero-order valence-corrected chi connectivity index (χ0v) is 19.9. The molecule has 23 heavy (non-hydrogen) atoms. The maximum absolute atomic E-state index is 4.49. The standard InChI is InChI=1S/C12H10N2.2C3H7.2BrH.Sn/c1-3-9-5-6-10-4-2-8-14-12(10)11(9)13-7-1;2*1-3-2;;;/h1-6H,7-8H2;2*1,3H2,2H3;2*1H;/q-2;;;;;+2/p-2. The molecule has 0 fully saturated rings. The molecule has 0 aliphatic carbocycles. The minimum atomic E-state index is -1.75. The van der Waals surface area contributed by atoms with E-state index >= 15 is 0 Å². The van der Waals surface area contributed by atoms with Gasteiger partial charge in [0, 0.05) is 0 Å². The maximum atomic E-state index is 4.49. The van der Waals surface area contributed by atoms with Crippen LogP contribution < -0.4 is 0 Å². The number of halogens is 2. The zero-order chi connectivity index (χ0) is 16.7. The van der Waals surface area contributed by atoms with Crippen molar-refractivity contribution < 1.29 is 0 Å². The Bertz CT molecular complexity index is 534. The Morgan fingerprint density at radius 1 is 0.870 bits per heavy atom. The van der Waals surface area contributed by atoms with E-state index in [0.717, 1.165) is 24.5 Å². The van der Waals surface area contributed by atoms with Gasteiger partial charge in [0.2, 0.25) is 0 Å². The van der Waals surface area contributed by atoms with Gasteiger partial charge >= 0.3 is 74.9 Å². The molecule has 1 aromatic rings. The van der Waals surface area contributed by atoms with Gasteiger partial charge in [-0.05, 0) is 11.1 Å². The van der Waals surface area contributed by atoms with Crippen LogP contribution in [0.4, 0.5) is 11.4 Å². The van der Waals surface area contributed by atoms with E-state index in [-0.39, 0.29) is 0 Å². The fourth-order valence-electron chi connectivity index (χ4n) is 2.72. The van der Waals surface area contributed by atoms with E-state index < -0.39 is 13.9 Å². The van der Waals surface area contributed by atoms with Crippen LogP contribution in [0.25, 0.3) is 22.8 Å². The summed E-state index contributed by atoms with van der Waals surface area (Å²) in [4.78, 5) is 0. The Kier molecular flexibility index (Phi) is 8.02. The van der Waals surface area contributed by atoms with E-state index in [1.165, 1.54) is 32.8 Å². The summed E-state index contributed by atoms with van der Waals surface area (Å²) in [7, 11) is 0. The first-order valence-electron chi connectivity index (χ1n) is 8.30. The van der Waals surface area contributed by atoms with Crippen molar-refractivity contribution in [2.24, 2.45) is 0 Å². The van der Waals surface area contributed by atoms with Crippen LogP contribution in [0.1, 0.15) is 37.8 Å². The van der Waals surface area contributed by atoms with E-state index in [9.17, 15) is 0 Å². The normalized spacial score (nSPS) is 14.8. The molecule has 0 radical (unpaired) electrons. The molecule has 0 saturated heterocycles. The molecule has 0 aromatic heterocycles. The van der Waals surface area contributed by atoms with Crippen molar-refractivity contribution in [1.82, 2.24) is 0 Å². The first-order valence-corrected chi connectivity index (χ1v) is 25.1. The van der Waals surface area contributed by atoms with E-state index in [0.29, 0.717) is 0 Å². The molecule has 3 rings (SSSR count). The molecule has 5 heteroatoms. The summed E-state index contributed by atoms with van der Waals surface area (Å²) >= 11 is 5.91. The van der Waals surface area contributed by atoms with Crippen molar-refractivity contribution >= 4 is 62.9 Å². The van der Waals surface area contributed by atoms with Crippen molar-refractivity contribution in [3.05, 3.63) is 46.0 Å². The predicted octanol–water partition coefficient (Wildman–Crippen LogP) is 7.79. The van der Waals surface area contributed by atoms with Crippen molar-refractivity contribution in [3.63, 3.8) is 0 Å². The molecule has 0 N–H and O–H groups in total. The van der Waals surface area contributed by atoms with Crippen molar-refractivity contribution in [1.29, 1.82) is 0 Å². The molecule has 0 amide bonds. The number of rotatable bonds is 4. The Hall–Kier alpha value is 0.0587. The van der Waals surface area contributed by atoms with E-state index in [4.69, 9.17) is 0 Å². The second-order valence-corrected chi connectivity index (χ2v) is 41.0. The van der Waals surface area contributed by atoms with Crippen LogP contribution >= 0.6 is 25.4 Å². The van der Waals surface area contributed by atoms with Crippen molar-refractivity contribution in [3.8, 4) is 0 Å². The second kappa shape index (κ2) is 9.52. The third-order valence-corrected chi connectivity index (χ3v) is 21.4. The quantitative estimate of drug-likeness (QED) is 0.345. The molecule has 126 valence electrons. The fourth-order valence-corrected chi connectivity index (χ4v) is 18.2. The molecule has 1 aromatic carbocycles. The van der Waals surface area contributed by atoms with Crippen LogP contribution in [-0.2, 0) is 0 Å². The number of hydrogen-bond donors (Lipinski definition) is 0. The summed E-state index contributed by atoms with van der Waals surface area (Å²) in [5.74, 6) is 0. The van der Waals surface area contributed by atoms with Gasteiger partial charge < -0.3 is 10.6 Å². The van der Waals surface area contributed by atoms with Crippen LogP contribution in [0.3, 0.4) is 0 Å². The number of nitrogens with zero attached hydrogens (tertiary/aromatic N) is 2. The van der Waals surface area contributed by atoms with Gasteiger partial charge in [-0.3, -0.25) is 0 Å². The number of hydrogen-bond acceptors (Lipinski definition) is 0. The average molecular weight is 547 g/mol. The Morgan fingerprint density at radius 3 is 1.70 bits per heavy atom. The Labute approximate surface area is 156 Å². The molecule has 2 aliphatic heterocycles. The molecule has 0 saturated carbocycles. The zero-order valence-electron chi connectivity index (χ0n) is 13.9. The van der Waals surface area contributed by atoms with Gasteiger partial charge in [0.1, 0.15) is 0 Å². The number of benzene rings is 1. The van der Waals surface area contributed by atoms with Gasteiger partial charge in [0.15, 0.2) is 0 Å². The fraction of sp³-hybridized carbons (Fsp3) is 0.444. The van der Waals surface area contributed by atoms with E-state index in [1.807, 2.05) is 0 Å². The monoisotopic (exact) mass is 546 g/mol. The van der Waals surface area contributed by atoms with Gasteiger partial charge in [-0.15, -0.1) is 36.6 Å². The Balaban J connectivity index is 0.000000188. The molecule has 2 heterocycles. The van der Waals surface area contributed by atoms with Gasteiger partial charge in [0.05, 0.1) is 0 Å². The second-order valence-electron chi connectivity index (χ2n) is 5.78. The molecule has 0 unspecified atom stereocenters. The first-order chi connectivity index (χ1) is 11.1. The van der Waals surface area contributed by atoms with Crippen LogP contribution in [0.5, 0.6) is 0 Å². The summed E-state index contributed by atoms with van der Waals surface area (Å²) < 4.78 is 2.84. The molecule has 0 spiro atoms. The predicted molar refractivity (Wildman–Crippen MR) is 114 cm³/mol. The molecule has 2 nitrogen and oxygen atoms in total. The summed E-state index contributed by atoms with van der Waals surface area (Å²) in [5, 5.41) is 8.98. The van der Waals surface area contributed by atoms with Gasteiger partial charge in [0.25, 0.3) is 0 Å². The molecule has 0 atom stereocenters. The summed E-state index contributed by atoms with van der Waals surface area (Å²) in [5.41, 5.74) is 4.51. The number of fused-ring (bicyclic) bond motifs is 3. The van der Waals surface area contributed by atoms with Crippen LogP contribution in [0.2, 0.25) is 8.87 Å². The molecule has 2 aliphatic rings. The molecular weight excluding hydrogens is 523 g/mol. The third-order valence-electron chi connectivity index (χ3n) is 3.75. The summed E-state index contributed by atoms with van der Waals surface area (Å²) in [6, 6.07) is 4.22. The van der Waals surface area contributed by atoms with Gasteiger partial charge in [-0.1, -0.05) is 24.3 Å². The van der Waals surface area contributed by atoms with Crippen LogP contribution in [0, 0.1) is 0 Å². The molecule has 0 bridgehead atoms. The average Bonchev–Trinajstić information content (AvgIpc) is 2.55. The molecular formula is C18H24Br2N2Sn-2. The van der Waals surface area contributed by atoms with Crippen LogP contribution in [0.15, 0.2) is 24.3 Å². The van der Waals surface area contributed by atoms with Gasteiger partial charge in [-0.2, -0.15) is 0 Å². The van der Waals surface area contributed by atoms with E-state index in [1.54, 1.807) is 0 Å². The van der Waals surface area contributed by atoms with Gasteiger partial charge in [-0.25, -0.2) is 0 Å². The van der Waals surface area contributed by atoms with Crippen molar-refractivity contribution in [2.45, 2.75) is 35.6 Å². The van der Waals surface area contributed by atoms with Crippen LogP contribution in [-0.4, -0.2) is 27.0 Å². The van der Waals surface area contributed by atoms with Crippen molar-refractivity contribution in [2.75, 3.05) is 13.1 Å². The topological polar surface area (TPSA) is 28.2 Å². The Morgan fingerprint density at radius 2 is 1.30 bits per heavy atom. The summed E-state index contributed by atoms with van der Waals surface area (Å²) in [6.07, 6.45) is 11.0. The minimum absolute atomic E-state index is 0.780.